The first-order valence-electron chi connectivity index (χ1n) is 6.39. The number of hydrogen-bond donors (Lipinski definition) is 1. The molecule has 0 spiro atoms. The highest BCUT2D eigenvalue weighted by atomic mass is 35.5. The summed E-state index contributed by atoms with van der Waals surface area (Å²) in [6, 6.07) is 2.19. The van der Waals surface area contributed by atoms with Gasteiger partial charge in [-0.3, -0.25) is 4.68 Å². The van der Waals surface area contributed by atoms with Crippen LogP contribution >= 0.6 is 11.6 Å². The monoisotopic (exact) mass is 257 g/mol. The zero-order valence-corrected chi connectivity index (χ0v) is 12.1. The van der Waals surface area contributed by atoms with Crippen molar-refractivity contribution in [1.82, 2.24) is 15.1 Å². The fourth-order valence-electron chi connectivity index (χ4n) is 1.76. The van der Waals surface area contributed by atoms with Gasteiger partial charge in [-0.15, -0.1) is 11.6 Å². The summed E-state index contributed by atoms with van der Waals surface area (Å²) in [6.07, 6.45) is 1.96. The summed E-state index contributed by atoms with van der Waals surface area (Å²) in [6.45, 7) is 10.4. The van der Waals surface area contributed by atoms with E-state index in [1.807, 2.05) is 0 Å². The molecule has 0 aliphatic rings. The average molecular weight is 258 g/mol. The van der Waals surface area contributed by atoms with Crippen LogP contribution in [-0.4, -0.2) is 21.2 Å². The lowest BCUT2D eigenvalue weighted by atomic mass is 10.0. The Hall–Kier alpha value is -0.540. The standard InChI is InChI=1S/C13H24ClN3/c1-5-11-9-12(17(6-2)16-11)10-15-13(3,4)7-8-14/h9,15H,5-8,10H2,1-4H3. The summed E-state index contributed by atoms with van der Waals surface area (Å²) in [5.74, 6) is 0.688. The number of halogens is 1. The van der Waals surface area contributed by atoms with Crippen LogP contribution in [-0.2, 0) is 19.5 Å². The maximum atomic E-state index is 5.80. The molecule has 1 rings (SSSR count). The zero-order valence-electron chi connectivity index (χ0n) is 11.4. The van der Waals surface area contributed by atoms with Gasteiger partial charge in [0, 0.05) is 24.5 Å². The molecule has 1 aromatic rings. The number of aromatic nitrogens is 2. The van der Waals surface area contributed by atoms with E-state index in [2.05, 4.69) is 48.9 Å². The third-order valence-electron chi connectivity index (χ3n) is 3.04. The first-order chi connectivity index (χ1) is 8.02. The van der Waals surface area contributed by atoms with Crippen molar-refractivity contribution in [1.29, 1.82) is 0 Å². The molecule has 3 nitrogen and oxygen atoms in total. The second kappa shape index (κ2) is 6.41. The van der Waals surface area contributed by atoms with Gasteiger partial charge in [0.1, 0.15) is 0 Å². The fourth-order valence-corrected chi connectivity index (χ4v) is 2.23. The fraction of sp³-hybridized carbons (Fsp3) is 0.769. The van der Waals surface area contributed by atoms with Crippen molar-refractivity contribution in [2.45, 2.75) is 59.2 Å². The van der Waals surface area contributed by atoms with E-state index in [4.69, 9.17) is 11.6 Å². The zero-order chi connectivity index (χ0) is 12.9. The Balaban J connectivity index is 2.64. The van der Waals surface area contributed by atoms with Gasteiger partial charge >= 0.3 is 0 Å². The van der Waals surface area contributed by atoms with Crippen molar-refractivity contribution in [2.75, 3.05) is 5.88 Å². The number of nitrogens with one attached hydrogen (secondary N) is 1. The van der Waals surface area contributed by atoms with Gasteiger partial charge in [0.2, 0.25) is 0 Å². The first-order valence-corrected chi connectivity index (χ1v) is 6.92. The molecular weight excluding hydrogens is 234 g/mol. The minimum absolute atomic E-state index is 0.0803. The van der Waals surface area contributed by atoms with E-state index >= 15 is 0 Å². The first kappa shape index (κ1) is 14.5. The molecule has 0 saturated carbocycles. The van der Waals surface area contributed by atoms with Crippen LogP contribution in [0.2, 0.25) is 0 Å². The molecule has 98 valence electrons. The lowest BCUT2D eigenvalue weighted by Crippen LogP contribution is -2.39. The van der Waals surface area contributed by atoms with Gasteiger partial charge in [-0.25, -0.2) is 0 Å². The normalized spacial score (nSPS) is 12.1. The van der Waals surface area contributed by atoms with E-state index in [9.17, 15) is 0 Å². The van der Waals surface area contributed by atoms with Gasteiger partial charge in [0.15, 0.2) is 0 Å². The summed E-state index contributed by atoms with van der Waals surface area (Å²) in [4.78, 5) is 0. The van der Waals surface area contributed by atoms with Gasteiger partial charge in [0.25, 0.3) is 0 Å². The summed E-state index contributed by atoms with van der Waals surface area (Å²) < 4.78 is 2.07. The van der Waals surface area contributed by atoms with Crippen molar-refractivity contribution in [3.63, 3.8) is 0 Å². The Labute approximate surface area is 110 Å². The SMILES string of the molecule is CCc1cc(CNC(C)(C)CCCl)n(CC)n1. The third kappa shape index (κ3) is 4.32. The van der Waals surface area contributed by atoms with Crippen LogP contribution in [0.1, 0.15) is 45.5 Å². The van der Waals surface area contributed by atoms with Crippen molar-refractivity contribution in [3.05, 3.63) is 17.5 Å². The Kier molecular flexibility index (Phi) is 5.47. The second-order valence-corrected chi connectivity index (χ2v) is 5.35. The van der Waals surface area contributed by atoms with E-state index in [1.165, 1.54) is 11.4 Å². The highest BCUT2D eigenvalue weighted by Crippen LogP contribution is 2.12. The summed E-state index contributed by atoms with van der Waals surface area (Å²) >= 11 is 5.80. The largest absolute Gasteiger partial charge is 0.306 e. The van der Waals surface area contributed by atoms with Gasteiger partial charge in [-0.2, -0.15) is 5.10 Å². The number of aryl methyl sites for hydroxylation is 2. The molecule has 0 aliphatic heterocycles. The molecule has 0 bridgehead atoms. The second-order valence-electron chi connectivity index (χ2n) is 4.97. The summed E-state index contributed by atoms with van der Waals surface area (Å²) in [5.41, 5.74) is 2.50. The van der Waals surface area contributed by atoms with E-state index in [0.717, 1.165) is 25.9 Å². The summed E-state index contributed by atoms with van der Waals surface area (Å²) in [5, 5.41) is 8.09. The molecule has 0 aliphatic carbocycles. The molecule has 1 N–H and O–H groups in total. The van der Waals surface area contributed by atoms with Crippen molar-refractivity contribution in [2.24, 2.45) is 0 Å². The van der Waals surface area contributed by atoms with Crippen molar-refractivity contribution in [3.8, 4) is 0 Å². The third-order valence-corrected chi connectivity index (χ3v) is 3.23. The topological polar surface area (TPSA) is 29.9 Å². The minimum Gasteiger partial charge on any atom is -0.306 e. The lowest BCUT2D eigenvalue weighted by Gasteiger charge is -2.25. The molecule has 0 aromatic carbocycles. The van der Waals surface area contributed by atoms with Crippen LogP contribution in [0.25, 0.3) is 0 Å². The molecule has 1 heterocycles. The number of nitrogens with zero attached hydrogens (tertiary/aromatic N) is 2. The van der Waals surface area contributed by atoms with Gasteiger partial charge in [-0.1, -0.05) is 6.92 Å². The van der Waals surface area contributed by atoms with Gasteiger partial charge in [-0.05, 0) is 39.7 Å². The molecular formula is C13H24ClN3. The quantitative estimate of drug-likeness (QED) is 0.761. The highest BCUT2D eigenvalue weighted by Gasteiger charge is 2.17. The van der Waals surface area contributed by atoms with Crippen LogP contribution in [0.3, 0.4) is 0 Å². The lowest BCUT2D eigenvalue weighted by molar-refractivity contribution is 0.369. The number of alkyl halides is 1. The number of hydrogen-bond acceptors (Lipinski definition) is 2. The van der Waals surface area contributed by atoms with Crippen molar-refractivity contribution < 1.29 is 0 Å². The maximum Gasteiger partial charge on any atom is 0.0625 e. The van der Waals surface area contributed by atoms with Crippen LogP contribution in [0.5, 0.6) is 0 Å². The Bertz CT molecular complexity index is 344. The van der Waals surface area contributed by atoms with Crippen LogP contribution < -0.4 is 5.32 Å². The Morgan fingerprint density at radius 1 is 1.41 bits per heavy atom. The number of rotatable bonds is 7. The van der Waals surface area contributed by atoms with E-state index < -0.39 is 0 Å². The van der Waals surface area contributed by atoms with Gasteiger partial charge in [0.05, 0.1) is 11.4 Å². The Morgan fingerprint density at radius 3 is 2.65 bits per heavy atom. The molecule has 0 atom stereocenters. The van der Waals surface area contributed by atoms with E-state index in [0.29, 0.717) is 5.88 Å². The average Bonchev–Trinajstić information content (AvgIpc) is 2.69. The van der Waals surface area contributed by atoms with Crippen molar-refractivity contribution >= 4 is 11.6 Å². The molecule has 0 radical (unpaired) electrons. The molecule has 0 fully saturated rings. The van der Waals surface area contributed by atoms with Crippen LogP contribution in [0.4, 0.5) is 0 Å². The molecule has 4 heteroatoms. The van der Waals surface area contributed by atoms with E-state index in [1.54, 1.807) is 0 Å². The molecule has 17 heavy (non-hydrogen) atoms. The smallest absolute Gasteiger partial charge is 0.0625 e. The predicted molar refractivity (Wildman–Crippen MR) is 73.5 cm³/mol. The van der Waals surface area contributed by atoms with Gasteiger partial charge < -0.3 is 5.32 Å². The van der Waals surface area contributed by atoms with E-state index in [-0.39, 0.29) is 5.54 Å². The molecule has 1 aromatic heterocycles. The molecule has 0 saturated heterocycles. The Morgan fingerprint density at radius 2 is 2.12 bits per heavy atom. The predicted octanol–water partition coefficient (Wildman–Crippen LogP) is 2.96. The van der Waals surface area contributed by atoms with Crippen LogP contribution in [0.15, 0.2) is 6.07 Å². The van der Waals surface area contributed by atoms with Crippen LogP contribution in [0, 0.1) is 0 Å². The maximum absolute atomic E-state index is 5.80. The summed E-state index contributed by atoms with van der Waals surface area (Å²) in [7, 11) is 0. The molecule has 0 amide bonds. The highest BCUT2D eigenvalue weighted by molar-refractivity contribution is 6.17. The minimum atomic E-state index is 0.0803. The molecule has 0 unspecified atom stereocenters.